The highest BCUT2D eigenvalue weighted by molar-refractivity contribution is 6.04. The van der Waals surface area contributed by atoms with Crippen LogP contribution in [0.15, 0.2) is 42.5 Å². The van der Waals surface area contributed by atoms with Gasteiger partial charge in [-0.3, -0.25) is 4.79 Å². The summed E-state index contributed by atoms with van der Waals surface area (Å²) in [5.74, 6) is -0.0448. The summed E-state index contributed by atoms with van der Waals surface area (Å²) in [7, 11) is 0. The topological polar surface area (TPSA) is 46.6 Å². The summed E-state index contributed by atoms with van der Waals surface area (Å²) in [5.41, 5.74) is 0.147. The number of benzene rings is 1. The average Bonchev–Trinajstić information content (AvgIpc) is 2.92. The molecule has 0 radical (unpaired) electrons. The van der Waals surface area contributed by atoms with Crippen molar-refractivity contribution in [3.05, 3.63) is 48.0 Å². The van der Waals surface area contributed by atoms with Gasteiger partial charge in [0.2, 0.25) is 0 Å². The second-order valence-electron chi connectivity index (χ2n) is 6.47. The van der Waals surface area contributed by atoms with E-state index < -0.39 is 5.60 Å². The highest BCUT2D eigenvalue weighted by Gasteiger charge is 2.30. The van der Waals surface area contributed by atoms with Crippen LogP contribution in [0.5, 0.6) is 0 Å². The van der Waals surface area contributed by atoms with E-state index in [0.29, 0.717) is 12.1 Å². The number of allylic oxidation sites excluding steroid dienone is 1. The molecule has 1 aliphatic heterocycles. The van der Waals surface area contributed by atoms with Gasteiger partial charge in [0, 0.05) is 12.1 Å². The van der Waals surface area contributed by atoms with E-state index in [1.807, 2.05) is 45.0 Å². The van der Waals surface area contributed by atoms with Crippen molar-refractivity contribution in [2.24, 2.45) is 0 Å². The number of carbonyl (C=O) groups is 2. The number of amides is 1. The van der Waals surface area contributed by atoms with Crippen LogP contribution in [0.1, 0.15) is 44.0 Å². The Bertz CT molecular complexity index is 557. The van der Waals surface area contributed by atoms with Gasteiger partial charge < -0.3 is 9.64 Å². The van der Waals surface area contributed by atoms with Crippen LogP contribution >= 0.6 is 0 Å². The monoisotopic (exact) mass is 301 g/mol. The van der Waals surface area contributed by atoms with Crippen molar-refractivity contribution in [3.8, 4) is 0 Å². The third kappa shape index (κ3) is 4.45. The molecule has 4 nitrogen and oxygen atoms in total. The fourth-order valence-corrected chi connectivity index (χ4v) is 2.44. The zero-order valence-corrected chi connectivity index (χ0v) is 13.4. The second kappa shape index (κ2) is 6.77. The summed E-state index contributed by atoms with van der Waals surface area (Å²) in [6.07, 6.45) is 4.84. The van der Waals surface area contributed by atoms with Crippen molar-refractivity contribution in [2.45, 2.75) is 45.3 Å². The van der Waals surface area contributed by atoms with Crippen molar-refractivity contribution in [2.75, 3.05) is 6.54 Å². The van der Waals surface area contributed by atoms with Gasteiger partial charge in [0.15, 0.2) is 5.78 Å². The lowest BCUT2D eigenvalue weighted by atomic mass is 10.1. The van der Waals surface area contributed by atoms with Gasteiger partial charge in [0.1, 0.15) is 5.60 Å². The standard InChI is InChI=1S/C18H23NO3/c1-18(2,3)22-17(21)19-13-7-10-15(19)11-12-16(20)14-8-5-4-6-9-14/h4-6,8-9,11-12,15H,7,10,13H2,1-3H3/b12-11+/t15-/m1/s1. The summed E-state index contributed by atoms with van der Waals surface area (Å²) in [6, 6.07) is 9.05. The minimum Gasteiger partial charge on any atom is -0.444 e. The molecule has 1 saturated heterocycles. The number of ether oxygens (including phenoxy) is 1. The SMILES string of the molecule is CC(C)(C)OC(=O)N1CCC[C@@H]1/C=C/C(=O)c1ccccc1. The molecule has 0 N–H and O–H groups in total. The first-order valence-corrected chi connectivity index (χ1v) is 7.64. The number of hydrogen-bond donors (Lipinski definition) is 0. The van der Waals surface area contributed by atoms with Gasteiger partial charge in [-0.05, 0) is 39.7 Å². The molecule has 1 heterocycles. The van der Waals surface area contributed by atoms with Crippen LogP contribution in [0.25, 0.3) is 0 Å². The van der Waals surface area contributed by atoms with E-state index in [2.05, 4.69) is 0 Å². The average molecular weight is 301 g/mol. The minimum atomic E-state index is -0.506. The molecule has 0 unspecified atom stereocenters. The molecule has 0 aromatic heterocycles. The van der Waals surface area contributed by atoms with Crippen molar-refractivity contribution in [1.29, 1.82) is 0 Å². The summed E-state index contributed by atoms with van der Waals surface area (Å²) in [4.78, 5) is 26.0. The summed E-state index contributed by atoms with van der Waals surface area (Å²) in [5, 5.41) is 0. The second-order valence-corrected chi connectivity index (χ2v) is 6.47. The quantitative estimate of drug-likeness (QED) is 0.630. The summed E-state index contributed by atoms with van der Waals surface area (Å²) < 4.78 is 5.41. The molecule has 1 aliphatic rings. The normalized spacial score (nSPS) is 18.7. The highest BCUT2D eigenvalue weighted by Crippen LogP contribution is 2.21. The largest absolute Gasteiger partial charge is 0.444 e. The Morgan fingerprint density at radius 3 is 2.55 bits per heavy atom. The van der Waals surface area contributed by atoms with E-state index in [1.54, 1.807) is 23.1 Å². The van der Waals surface area contributed by atoms with Gasteiger partial charge in [0.25, 0.3) is 0 Å². The number of rotatable bonds is 3. The maximum atomic E-state index is 12.2. The first kappa shape index (κ1) is 16.3. The van der Waals surface area contributed by atoms with Crippen LogP contribution in [-0.2, 0) is 4.74 Å². The molecule has 0 bridgehead atoms. The van der Waals surface area contributed by atoms with Crippen molar-refractivity contribution < 1.29 is 14.3 Å². The van der Waals surface area contributed by atoms with Gasteiger partial charge in [-0.2, -0.15) is 0 Å². The zero-order chi connectivity index (χ0) is 16.2. The fourth-order valence-electron chi connectivity index (χ4n) is 2.44. The molecular formula is C18H23NO3. The lowest BCUT2D eigenvalue weighted by Gasteiger charge is -2.27. The van der Waals surface area contributed by atoms with E-state index in [4.69, 9.17) is 4.74 Å². The predicted octanol–water partition coefficient (Wildman–Crippen LogP) is 3.83. The van der Waals surface area contributed by atoms with Gasteiger partial charge in [-0.1, -0.05) is 36.4 Å². The van der Waals surface area contributed by atoms with E-state index >= 15 is 0 Å². The van der Waals surface area contributed by atoms with E-state index in [1.165, 1.54) is 0 Å². The molecule has 2 rings (SSSR count). The Hall–Kier alpha value is -2.10. The molecule has 4 heteroatoms. The third-order valence-electron chi connectivity index (χ3n) is 3.46. The Labute approximate surface area is 131 Å². The predicted molar refractivity (Wildman–Crippen MR) is 85.9 cm³/mol. The Morgan fingerprint density at radius 2 is 1.91 bits per heavy atom. The molecule has 0 spiro atoms. The lowest BCUT2D eigenvalue weighted by molar-refractivity contribution is 0.0255. The molecule has 1 amide bonds. The van der Waals surface area contributed by atoms with Gasteiger partial charge in [0.05, 0.1) is 6.04 Å². The minimum absolute atomic E-state index is 0.0448. The summed E-state index contributed by atoms with van der Waals surface area (Å²) >= 11 is 0. The molecule has 1 aromatic rings. The molecule has 1 fully saturated rings. The molecule has 1 aromatic carbocycles. The lowest BCUT2D eigenvalue weighted by Crippen LogP contribution is -2.39. The number of hydrogen-bond acceptors (Lipinski definition) is 3. The van der Waals surface area contributed by atoms with Gasteiger partial charge in [-0.15, -0.1) is 0 Å². The Balaban J connectivity index is 2.00. The van der Waals surface area contributed by atoms with Crippen LogP contribution in [0.4, 0.5) is 4.79 Å². The van der Waals surface area contributed by atoms with Crippen molar-refractivity contribution in [3.63, 3.8) is 0 Å². The maximum absolute atomic E-state index is 12.2. The molecule has 1 atom stereocenters. The maximum Gasteiger partial charge on any atom is 0.410 e. The molecular weight excluding hydrogens is 278 g/mol. The molecule has 0 aliphatic carbocycles. The number of ketones is 1. The van der Waals surface area contributed by atoms with E-state index in [-0.39, 0.29) is 17.9 Å². The van der Waals surface area contributed by atoms with Crippen LogP contribution in [0.3, 0.4) is 0 Å². The molecule has 22 heavy (non-hydrogen) atoms. The van der Waals surface area contributed by atoms with Gasteiger partial charge in [-0.25, -0.2) is 4.79 Å². The first-order chi connectivity index (χ1) is 10.4. The van der Waals surface area contributed by atoms with Crippen molar-refractivity contribution >= 4 is 11.9 Å². The van der Waals surface area contributed by atoms with Crippen LogP contribution < -0.4 is 0 Å². The third-order valence-corrected chi connectivity index (χ3v) is 3.46. The number of likely N-dealkylation sites (tertiary alicyclic amines) is 1. The molecule has 0 saturated carbocycles. The van der Waals surface area contributed by atoms with Crippen molar-refractivity contribution in [1.82, 2.24) is 4.90 Å². The molecule has 118 valence electrons. The van der Waals surface area contributed by atoms with Crippen LogP contribution in [0.2, 0.25) is 0 Å². The van der Waals surface area contributed by atoms with Crippen LogP contribution in [-0.4, -0.2) is 35.0 Å². The Morgan fingerprint density at radius 1 is 1.23 bits per heavy atom. The summed E-state index contributed by atoms with van der Waals surface area (Å²) in [6.45, 7) is 6.23. The van der Waals surface area contributed by atoms with Gasteiger partial charge >= 0.3 is 6.09 Å². The highest BCUT2D eigenvalue weighted by atomic mass is 16.6. The first-order valence-electron chi connectivity index (χ1n) is 7.64. The Kier molecular flexibility index (Phi) is 5.01. The fraction of sp³-hybridized carbons (Fsp3) is 0.444. The van der Waals surface area contributed by atoms with E-state index in [0.717, 1.165) is 12.8 Å². The smallest absolute Gasteiger partial charge is 0.410 e. The zero-order valence-electron chi connectivity index (χ0n) is 13.4. The number of nitrogens with zero attached hydrogens (tertiary/aromatic N) is 1. The number of carbonyl (C=O) groups excluding carboxylic acids is 2. The van der Waals surface area contributed by atoms with Crippen LogP contribution in [0, 0.1) is 0 Å². The van der Waals surface area contributed by atoms with E-state index in [9.17, 15) is 9.59 Å².